The molecule has 148 valence electrons. The van der Waals surface area contributed by atoms with Crippen molar-refractivity contribution in [1.29, 1.82) is 5.26 Å². The van der Waals surface area contributed by atoms with E-state index in [2.05, 4.69) is 16.0 Å². The average Bonchev–Trinajstić information content (AvgIpc) is 3.09. The molecule has 0 saturated carbocycles. The SMILES string of the molecule is Cn1c(SCC(=O)N2CCN(C(C#N)c3ccccc3)CC2)nc2ccccc21. The van der Waals surface area contributed by atoms with Crippen LogP contribution < -0.4 is 0 Å². The maximum Gasteiger partial charge on any atom is 0.233 e. The Morgan fingerprint density at radius 3 is 2.48 bits per heavy atom. The molecule has 3 aromatic rings. The Kier molecular flexibility index (Phi) is 5.84. The Balaban J connectivity index is 1.33. The summed E-state index contributed by atoms with van der Waals surface area (Å²) in [7, 11) is 1.98. The number of rotatable bonds is 5. The van der Waals surface area contributed by atoms with Gasteiger partial charge >= 0.3 is 0 Å². The van der Waals surface area contributed by atoms with E-state index in [1.807, 2.05) is 71.1 Å². The normalized spacial score (nSPS) is 15.9. The highest BCUT2D eigenvalue weighted by Gasteiger charge is 2.27. The number of fused-ring (bicyclic) bond motifs is 1. The van der Waals surface area contributed by atoms with Crippen molar-refractivity contribution >= 4 is 28.7 Å². The molecule has 1 fully saturated rings. The number of carbonyl (C=O) groups is 1. The molecule has 2 heterocycles. The highest BCUT2D eigenvalue weighted by Crippen LogP contribution is 2.24. The number of piperazine rings is 1. The fourth-order valence-electron chi connectivity index (χ4n) is 3.70. The molecule has 0 aliphatic carbocycles. The first kappa shape index (κ1) is 19.5. The van der Waals surface area contributed by atoms with Crippen molar-refractivity contribution in [3.05, 3.63) is 60.2 Å². The molecule has 2 aromatic carbocycles. The Hall–Kier alpha value is -2.82. The average molecular weight is 406 g/mol. The van der Waals surface area contributed by atoms with Crippen LogP contribution in [0.4, 0.5) is 0 Å². The minimum Gasteiger partial charge on any atom is -0.339 e. The largest absolute Gasteiger partial charge is 0.339 e. The highest BCUT2D eigenvalue weighted by atomic mass is 32.2. The third kappa shape index (κ3) is 4.14. The summed E-state index contributed by atoms with van der Waals surface area (Å²) in [6.07, 6.45) is 0. The molecule has 0 radical (unpaired) electrons. The molecule has 29 heavy (non-hydrogen) atoms. The first-order chi connectivity index (χ1) is 14.2. The Bertz CT molecular complexity index is 1030. The van der Waals surface area contributed by atoms with Gasteiger partial charge in [0.25, 0.3) is 0 Å². The lowest BCUT2D eigenvalue weighted by Crippen LogP contribution is -2.50. The number of aryl methyl sites for hydroxylation is 1. The maximum atomic E-state index is 12.7. The summed E-state index contributed by atoms with van der Waals surface area (Å²) in [5.74, 6) is 0.493. The molecule has 6 nitrogen and oxygen atoms in total. The van der Waals surface area contributed by atoms with Gasteiger partial charge in [-0.25, -0.2) is 4.98 Å². The quantitative estimate of drug-likeness (QED) is 0.611. The lowest BCUT2D eigenvalue weighted by Gasteiger charge is -2.37. The number of benzene rings is 2. The number of hydrogen-bond acceptors (Lipinski definition) is 5. The van der Waals surface area contributed by atoms with Crippen LogP contribution in [0.3, 0.4) is 0 Å². The van der Waals surface area contributed by atoms with Gasteiger partial charge in [0.15, 0.2) is 5.16 Å². The van der Waals surface area contributed by atoms with Crippen molar-refractivity contribution in [2.45, 2.75) is 11.2 Å². The van der Waals surface area contributed by atoms with Crippen LogP contribution >= 0.6 is 11.8 Å². The second-order valence-electron chi connectivity index (χ2n) is 7.09. The lowest BCUT2D eigenvalue weighted by molar-refractivity contribution is -0.130. The molecule has 1 aliphatic rings. The zero-order valence-corrected chi connectivity index (χ0v) is 17.2. The molecule has 0 N–H and O–H groups in total. The molecular formula is C22H23N5OS. The third-order valence-electron chi connectivity index (χ3n) is 5.34. The fraction of sp³-hybridized carbons (Fsp3) is 0.318. The van der Waals surface area contributed by atoms with Crippen LogP contribution in [0, 0.1) is 11.3 Å². The maximum absolute atomic E-state index is 12.7. The van der Waals surface area contributed by atoms with Gasteiger partial charge in [-0.2, -0.15) is 5.26 Å². The van der Waals surface area contributed by atoms with Gasteiger partial charge in [-0.1, -0.05) is 54.2 Å². The first-order valence-electron chi connectivity index (χ1n) is 9.68. The summed E-state index contributed by atoms with van der Waals surface area (Å²) in [4.78, 5) is 21.4. The number of aromatic nitrogens is 2. The van der Waals surface area contributed by atoms with E-state index in [1.54, 1.807) is 0 Å². The molecule has 7 heteroatoms. The van der Waals surface area contributed by atoms with Crippen LogP contribution in [-0.2, 0) is 11.8 Å². The Labute approximate surface area is 174 Å². The first-order valence-corrected chi connectivity index (χ1v) is 10.7. The second kappa shape index (κ2) is 8.68. The minimum absolute atomic E-state index is 0.120. The number of para-hydroxylation sites is 2. The van der Waals surface area contributed by atoms with E-state index in [1.165, 1.54) is 11.8 Å². The van der Waals surface area contributed by atoms with Crippen molar-refractivity contribution in [3.63, 3.8) is 0 Å². The van der Waals surface area contributed by atoms with Gasteiger partial charge in [-0.3, -0.25) is 9.69 Å². The van der Waals surface area contributed by atoms with E-state index in [4.69, 9.17) is 0 Å². The monoisotopic (exact) mass is 405 g/mol. The van der Waals surface area contributed by atoms with Gasteiger partial charge in [-0.15, -0.1) is 0 Å². The van der Waals surface area contributed by atoms with Crippen LogP contribution in [0.5, 0.6) is 0 Å². The summed E-state index contributed by atoms with van der Waals surface area (Å²) in [6.45, 7) is 2.70. The van der Waals surface area contributed by atoms with E-state index in [0.717, 1.165) is 21.8 Å². The van der Waals surface area contributed by atoms with Crippen LogP contribution in [-0.4, -0.2) is 57.2 Å². The summed E-state index contributed by atoms with van der Waals surface area (Å²) in [5.41, 5.74) is 3.02. The van der Waals surface area contributed by atoms with Gasteiger partial charge in [0, 0.05) is 33.2 Å². The third-order valence-corrected chi connectivity index (χ3v) is 6.36. The van der Waals surface area contributed by atoms with E-state index in [9.17, 15) is 10.1 Å². The molecule has 1 unspecified atom stereocenters. The zero-order chi connectivity index (χ0) is 20.2. The van der Waals surface area contributed by atoms with Crippen LogP contribution in [0.25, 0.3) is 11.0 Å². The van der Waals surface area contributed by atoms with E-state index in [-0.39, 0.29) is 11.9 Å². The molecule has 1 atom stereocenters. The zero-order valence-electron chi connectivity index (χ0n) is 16.4. The summed E-state index contributed by atoms with van der Waals surface area (Å²) < 4.78 is 2.03. The molecule has 4 rings (SSSR count). The van der Waals surface area contributed by atoms with Crippen molar-refractivity contribution in [1.82, 2.24) is 19.4 Å². The second-order valence-corrected chi connectivity index (χ2v) is 8.03. The lowest BCUT2D eigenvalue weighted by atomic mass is 10.1. The van der Waals surface area contributed by atoms with Crippen LogP contribution in [0.1, 0.15) is 11.6 Å². The molecule has 0 spiro atoms. The summed E-state index contributed by atoms with van der Waals surface area (Å²) >= 11 is 1.48. The Morgan fingerprint density at radius 1 is 1.10 bits per heavy atom. The van der Waals surface area contributed by atoms with Gasteiger partial charge in [-0.05, 0) is 17.7 Å². The van der Waals surface area contributed by atoms with E-state index in [0.29, 0.717) is 31.9 Å². The Morgan fingerprint density at radius 2 is 1.79 bits per heavy atom. The summed E-state index contributed by atoms with van der Waals surface area (Å²) in [5, 5.41) is 10.5. The number of thioether (sulfide) groups is 1. The number of carbonyl (C=O) groups excluding carboxylic acids is 1. The van der Waals surface area contributed by atoms with E-state index >= 15 is 0 Å². The standard InChI is InChI=1S/C22H23N5OS/c1-25-19-10-6-5-9-18(19)24-22(25)29-16-21(28)27-13-11-26(12-14-27)20(15-23)17-7-3-2-4-8-17/h2-10,20H,11-14,16H2,1H3. The molecule has 0 bridgehead atoms. The minimum atomic E-state index is -0.261. The van der Waals surface area contributed by atoms with Crippen molar-refractivity contribution in [3.8, 4) is 6.07 Å². The molecule has 1 aromatic heterocycles. The predicted molar refractivity (Wildman–Crippen MR) is 114 cm³/mol. The van der Waals surface area contributed by atoms with Crippen molar-refractivity contribution in [2.75, 3.05) is 31.9 Å². The number of nitrogens with zero attached hydrogens (tertiary/aromatic N) is 5. The number of amides is 1. The van der Waals surface area contributed by atoms with Crippen LogP contribution in [0.15, 0.2) is 59.8 Å². The smallest absolute Gasteiger partial charge is 0.233 e. The number of hydrogen-bond donors (Lipinski definition) is 0. The topological polar surface area (TPSA) is 65.2 Å². The molecule has 1 amide bonds. The summed E-state index contributed by atoms with van der Waals surface area (Å²) in [6, 6.07) is 20.0. The highest BCUT2D eigenvalue weighted by molar-refractivity contribution is 7.99. The van der Waals surface area contributed by atoms with Gasteiger partial charge in [0.2, 0.25) is 5.91 Å². The predicted octanol–water partition coefficient (Wildman–Crippen LogP) is 3.07. The number of nitriles is 1. The molecular weight excluding hydrogens is 382 g/mol. The molecule has 1 aliphatic heterocycles. The number of imidazole rings is 1. The van der Waals surface area contributed by atoms with E-state index < -0.39 is 0 Å². The van der Waals surface area contributed by atoms with Crippen LogP contribution in [0.2, 0.25) is 0 Å². The van der Waals surface area contributed by atoms with Crippen molar-refractivity contribution in [2.24, 2.45) is 7.05 Å². The van der Waals surface area contributed by atoms with Gasteiger partial charge in [0.05, 0.1) is 22.9 Å². The van der Waals surface area contributed by atoms with Gasteiger partial charge < -0.3 is 9.47 Å². The van der Waals surface area contributed by atoms with Gasteiger partial charge in [0.1, 0.15) is 6.04 Å². The fourth-order valence-corrected chi connectivity index (χ4v) is 4.59. The molecule has 1 saturated heterocycles. The van der Waals surface area contributed by atoms with Crippen molar-refractivity contribution < 1.29 is 4.79 Å².